The van der Waals surface area contributed by atoms with Gasteiger partial charge in [-0.15, -0.1) is 0 Å². The summed E-state index contributed by atoms with van der Waals surface area (Å²) in [6.07, 6.45) is 6.77. The van der Waals surface area contributed by atoms with Crippen LogP contribution in [0.1, 0.15) is 12.5 Å². The zero-order valence-electron chi connectivity index (χ0n) is 10.8. The van der Waals surface area contributed by atoms with Crippen LogP contribution in [-0.2, 0) is 0 Å². The molecule has 0 aliphatic heterocycles. The Hall–Kier alpha value is -1.08. The molecule has 1 aromatic carbocycles. The number of rotatable bonds is 4. The summed E-state index contributed by atoms with van der Waals surface area (Å²) in [6.45, 7) is 9.31. The highest BCUT2D eigenvalue weighted by Gasteiger charge is 2.06. The van der Waals surface area contributed by atoms with Gasteiger partial charge in [0, 0.05) is 0 Å². The van der Waals surface area contributed by atoms with Crippen LogP contribution in [0.25, 0.3) is 6.08 Å². The quantitative estimate of drug-likeness (QED) is 0.654. The number of hydrogen-bond donors (Lipinski definition) is 0. The second kappa shape index (κ2) is 5.85. The van der Waals surface area contributed by atoms with Crippen molar-refractivity contribution in [3.8, 4) is 0 Å². The zero-order valence-corrected chi connectivity index (χ0v) is 11.8. The third-order valence-corrected chi connectivity index (χ3v) is 3.48. The third-order valence-electron chi connectivity index (χ3n) is 2.29. The molecule has 0 N–H and O–H groups in total. The Labute approximate surface area is 101 Å². The Morgan fingerprint density at radius 2 is 1.62 bits per heavy atom. The second-order valence-electron chi connectivity index (χ2n) is 5.35. The van der Waals surface area contributed by atoms with E-state index in [9.17, 15) is 0 Å². The normalized spacial score (nSPS) is 14.8. The van der Waals surface area contributed by atoms with Crippen LogP contribution in [0.5, 0.6) is 0 Å². The van der Waals surface area contributed by atoms with Crippen LogP contribution in [-0.4, -0.2) is 8.07 Å². The van der Waals surface area contributed by atoms with E-state index >= 15 is 0 Å². The van der Waals surface area contributed by atoms with Crippen molar-refractivity contribution >= 4 is 14.1 Å². The minimum absolute atomic E-state index is 0.520. The summed E-state index contributed by atoms with van der Waals surface area (Å²) in [7, 11) is -1.04. The van der Waals surface area contributed by atoms with Crippen molar-refractivity contribution < 1.29 is 0 Å². The summed E-state index contributed by atoms with van der Waals surface area (Å²) < 4.78 is 0. The molecule has 1 unspecified atom stereocenters. The molecule has 0 heterocycles. The lowest BCUT2D eigenvalue weighted by Crippen LogP contribution is -2.15. The number of allylic oxidation sites excluding steroid dienone is 2. The zero-order chi connectivity index (χ0) is 12.0. The van der Waals surface area contributed by atoms with Crippen LogP contribution in [0, 0.1) is 5.92 Å². The molecule has 0 bridgehead atoms. The topological polar surface area (TPSA) is 0 Å². The Bertz CT molecular complexity index is 355. The van der Waals surface area contributed by atoms with E-state index in [2.05, 4.69) is 74.8 Å². The molecule has 1 aromatic rings. The molecule has 0 fully saturated rings. The molecule has 0 nitrogen and oxygen atoms in total. The van der Waals surface area contributed by atoms with Gasteiger partial charge in [0.15, 0.2) is 0 Å². The molecule has 0 radical (unpaired) electrons. The lowest BCUT2D eigenvalue weighted by molar-refractivity contribution is 0.947. The Balaban J connectivity index is 2.55. The maximum absolute atomic E-state index is 2.41. The summed E-state index contributed by atoms with van der Waals surface area (Å²) in [5.41, 5.74) is 3.68. The molecule has 0 aliphatic carbocycles. The van der Waals surface area contributed by atoms with E-state index in [1.54, 1.807) is 0 Å². The van der Waals surface area contributed by atoms with Crippen molar-refractivity contribution in [3.05, 3.63) is 53.7 Å². The van der Waals surface area contributed by atoms with Crippen molar-refractivity contribution in [1.82, 2.24) is 0 Å². The fourth-order valence-corrected chi connectivity index (χ4v) is 2.21. The molecule has 1 heteroatoms. The molecule has 0 aliphatic rings. The predicted octanol–water partition coefficient (Wildman–Crippen LogP) is 4.77. The average molecular weight is 230 g/mol. The minimum Gasteiger partial charge on any atom is -0.0983 e. The van der Waals surface area contributed by atoms with Gasteiger partial charge in [-0.2, -0.15) is 0 Å². The Morgan fingerprint density at radius 1 is 1.00 bits per heavy atom. The van der Waals surface area contributed by atoms with E-state index in [0.717, 1.165) is 0 Å². The van der Waals surface area contributed by atoms with Crippen molar-refractivity contribution in [3.63, 3.8) is 0 Å². The fourth-order valence-electron chi connectivity index (χ4n) is 1.33. The summed E-state index contributed by atoms with van der Waals surface area (Å²) in [6, 6.07) is 10.5. The smallest absolute Gasteiger partial charge is 0.0683 e. The van der Waals surface area contributed by atoms with Crippen LogP contribution in [0.4, 0.5) is 0 Å². The first kappa shape index (κ1) is 13.0. The predicted molar refractivity (Wildman–Crippen MR) is 77.1 cm³/mol. The first-order valence-electron chi connectivity index (χ1n) is 5.90. The highest BCUT2D eigenvalue weighted by Crippen LogP contribution is 2.09. The van der Waals surface area contributed by atoms with Crippen LogP contribution >= 0.6 is 0 Å². The molecule has 0 amide bonds. The largest absolute Gasteiger partial charge is 0.0983 e. The van der Waals surface area contributed by atoms with Gasteiger partial charge >= 0.3 is 0 Å². The van der Waals surface area contributed by atoms with Crippen LogP contribution in [0.15, 0.2) is 48.2 Å². The van der Waals surface area contributed by atoms with Crippen molar-refractivity contribution in [1.29, 1.82) is 0 Å². The number of hydrogen-bond acceptors (Lipinski definition) is 0. The summed E-state index contributed by atoms with van der Waals surface area (Å²) in [5.74, 6) is 0.520. The van der Waals surface area contributed by atoms with Gasteiger partial charge in [0.25, 0.3) is 0 Å². The first-order valence-corrected chi connectivity index (χ1v) is 9.48. The lowest BCUT2D eigenvalue weighted by Gasteiger charge is -2.09. The molecule has 0 saturated heterocycles. The van der Waals surface area contributed by atoms with Crippen molar-refractivity contribution in [2.75, 3.05) is 0 Å². The first-order chi connectivity index (χ1) is 7.47. The Kier molecular flexibility index (Phi) is 4.75. The third kappa shape index (κ3) is 5.71. The monoisotopic (exact) mass is 230 g/mol. The van der Waals surface area contributed by atoms with E-state index in [1.807, 2.05) is 6.07 Å². The van der Waals surface area contributed by atoms with E-state index < -0.39 is 8.07 Å². The molecule has 0 saturated carbocycles. The SMILES string of the molecule is CC(/C=C/c1ccccc1)/C=C/[Si](C)(C)C. The maximum atomic E-state index is 2.41. The highest BCUT2D eigenvalue weighted by molar-refractivity contribution is 6.80. The molecular weight excluding hydrogens is 208 g/mol. The summed E-state index contributed by atoms with van der Waals surface area (Å²) in [4.78, 5) is 0. The maximum Gasteiger partial charge on any atom is 0.0683 e. The summed E-state index contributed by atoms with van der Waals surface area (Å²) >= 11 is 0. The van der Waals surface area contributed by atoms with Crippen LogP contribution in [0.2, 0.25) is 19.6 Å². The Morgan fingerprint density at radius 3 is 2.19 bits per heavy atom. The van der Waals surface area contributed by atoms with Gasteiger partial charge in [-0.05, 0) is 11.5 Å². The minimum atomic E-state index is -1.04. The second-order valence-corrected chi connectivity index (χ2v) is 10.4. The number of benzene rings is 1. The molecule has 0 aromatic heterocycles. The van der Waals surface area contributed by atoms with E-state index in [-0.39, 0.29) is 0 Å². The van der Waals surface area contributed by atoms with Gasteiger partial charge in [-0.3, -0.25) is 0 Å². The fraction of sp³-hybridized carbons (Fsp3) is 0.333. The van der Waals surface area contributed by atoms with Crippen LogP contribution in [0.3, 0.4) is 0 Å². The van der Waals surface area contributed by atoms with Gasteiger partial charge in [0.2, 0.25) is 0 Å². The molecule has 0 spiro atoms. The van der Waals surface area contributed by atoms with Gasteiger partial charge in [0.1, 0.15) is 0 Å². The van der Waals surface area contributed by atoms with Crippen molar-refractivity contribution in [2.45, 2.75) is 26.6 Å². The van der Waals surface area contributed by atoms with E-state index in [1.165, 1.54) is 5.56 Å². The molecule has 16 heavy (non-hydrogen) atoms. The van der Waals surface area contributed by atoms with Gasteiger partial charge in [-0.1, -0.05) is 80.8 Å². The van der Waals surface area contributed by atoms with E-state index in [4.69, 9.17) is 0 Å². The van der Waals surface area contributed by atoms with E-state index in [0.29, 0.717) is 5.92 Å². The van der Waals surface area contributed by atoms with Gasteiger partial charge < -0.3 is 0 Å². The molecule has 1 atom stereocenters. The lowest BCUT2D eigenvalue weighted by atomic mass is 10.1. The van der Waals surface area contributed by atoms with Gasteiger partial charge in [-0.25, -0.2) is 0 Å². The van der Waals surface area contributed by atoms with Crippen LogP contribution < -0.4 is 0 Å². The average Bonchev–Trinajstić information content (AvgIpc) is 2.24. The highest BCUT2D eigenvalue weighted by atomic mass is 28.3. The molecule has 86 valence electrons. The molecule has 1 rings (SSSR count). The van der Waals surface area contributed by atoms with Crippen molar-refractivity contribution in [2.24, 2.45) is 5.92 Å². The standard InChI is InChI=1S/C15H22Si/c1-14(12-13-16(2,3)4)10-11-15-8-6-5-7-9-15/h5-14H,1-4H3/b11-10+,13-12+. The molecular formula is C15H22Si. The summed E-state index contributed by atoms with van der Waals surface area (Å²) in [5, 5.41) is 0. The van der Waals surface area contributed by atoms with Gasteiger partial charge in [0.05, 0.1) is 8.07 Å².